The van der Waals surface area contributed by atoms with Crippen LogP contribution in [0.4, 0.5) is 0 Å². The van der Waals surface area contributed by atoms with Crippen molar-refractivity contribution in [2.75, 3.05) is 19.6 Å². The molecule has 0 spiro atoms. The average molecular weight is 477 g/mol. The summed E-state index contributed by atoms with van der Waals surface area (Å²) in [5.41, 5.74) is 4.47. The van der Waals surface area contributed by atoms with Crippen LogP contribution in [0.2, 0.25) is 5.02 Å². The summed E-state index contributed by atoms with van der Waals surface area (Å²) in [6, 6.07) is 5.91. The summed E-state index contributed by atoms with van der Waals surface area (Å²) in [5, 5.41) is 7.14. The maximum atomic E-state index is 13.5. The highest BCUT2D eigenvalue weighted by molar-refractivity contribution is 6.37. The van der Waals surface area contributed by atoms with Crippen molar-refractivity contribution in [3.63, 3.8) is 0 Å². The summed E-state index contributed by atoms with van der Waals surface area (Å²) in [6.45, 7) is 12.2. The molecular weight excluding hydrogens is 448 g/mol. The smallest absolute Gasteiger partial charge is 0.260 e. The van der Waals surface area contributed by atoms with E-state index < -0.39 is 0 Å². The zero-order chi connectivity index (χ0) is 24.2. The minimum Gasteiger partial charge on any atom is -0.366 e. The Morgan fingerprint density at radius 3 is 2.82 bits per heavy atom. The fourth-order valence-corrected chi connectivity index (χ4v) is 4.53. The van der Waals surface area contributed by atoms with Gasteiger partial charge in [-0.15, -0.1) is 0 Å². The maximum Gasteiger partial charge on any atom is 0.260 e. The van der Waals surface area contributed by atoms with E-state index in [1.54, 1.807) is 17.3 Å². The van der Waals surface area contributed by atoms with E-state index in [-0.39, 0.29) is 5.91 Å². The Morgan fingerprint density at radius 2 is 2.18 bits per heavy atom. The van der Waals surface area contributed by atoms with Crippen LogP contribution in [-0.2, 0) is 4.79 Å². The van der Waals surface area contributed by atoms with E-state index in [9.17, 15) is 4.79 Å². The Kier molecular flexibility index (Phi) is 7.24. The van der Waals surface area contributed by atoms with E-state index in [0.717, 1.165) is 42.0 Å². The van der Waals surface area contributed by atoms with Gasteiger partial charge in [-0.05, 0) is 45.9 Å². The first kappa shape index (κ1) is 23.9. The molecule has 34 heavy (non-hydrogen) atoms. The van der Waals surface area contributed by atoms with Crippen LogP contribution in [-0.4, -0.2) is 52.3 Å². The molecule has 0 saturated carbocycles. The van der Waals surface area contributed by atoms with Gasteiger partial charge in [0.1, 0.15) is 11.7 Å². The van der Waals surface area contributed by atoms with Gasteiger partial charge in [0.05, 0.1) is 11.4 Å². The van der Waals surface area contributed by atoms with E-state index in [1.807, 2.05) is 51.1 Å². The second kappa shape index (κ2) is 10.3. The lowest BCUT2D eigenvalue weighted by atomic mass is 9.95. The molecule has 1 saturated heterocycles. The Bertz CT molecular complexity index is 1210. The SMILES string of the molecule is C=C(/N=C1\C(=C/C)C=C(c2ccc(-c3nccnc3C)cc2Cl)C(=O)N1CC)NC1CCNC1. The number of hydrogen-bond acceptors (Lipinski definition) is 6. The first-order chi connectivity index (χ1) is 16.4. The number of carbonyl (C=O) groups is 1. The number of nitrogens with one attached hydrogen (secondary N) is 2. The van der Waals surface area contributed by atoms with E-state index in [1.165, 1.54) is 0 Å². The van der Waals surface area contributed by atoms with Crippen LogP contribution in [0.25, 0.3) is 16.8 Å². The highest BCUT2D eigenvalue weighted by Gasteiger charge is 2.31. The number of allylic oxidation sites excluding steroid dienone is 1. The molecule has 2 N–H and O–H groups in total. The molecule has 8 heteroatoms. The van der Waals surface area contributed by atoms with Crippen molar-refractivity contribution in [2.45, 2.75) is 33.2 Å². The predicted molar refractivity (Wildman–Crippen MR) is 137 cm³/mol. The highest BCUT2D eigenvalue weighted by atomic mass is 35.5. The van der Waals surface area contributed by atoms with Crippen LogP contribution in [0.5, 0.6) is 0 Å². The predicted octanol–water partition coefficient (Wildman–Crippen LogP) is 4.12. The average Bonchev–Trinajstić information content (AvgIpc) is 3.33. The first-order valence-electron chi connectivity index (χ1n) is 11.5. The summed E-state index contributed by atoms with van der Waals surface area (Å²) in [5.74, 6) is 0.991. The number of aromatic nitrogens is 2. The normalized spacial score (nSPS) is 20.7. The summed E-state index contributed by atoms with van der Waals surface area (Å²) < 4.78 is 0. The largest absolute Gasteiger partial charge is 0.366 e. The first-order valence-corrected chi connectivity index (χ1v) is 11.8. The molecule has 1 amide bonds. The van der Waals surface area contributed by atoms with Crippen molar-refractivity contribution in [2.24, 2.45) is 4.99 Å². The highest BCUT2D eigenvalue weighted by Crippen LogP contribution is 2.34. The standard InChI is InChI=1S/C26H29ClN6O/c1-5-18-13-22(21-8-7-19(14-23(21)27)24-16(3)29-11-12-30-24)26(34)33(6-2)25(18)32-17(4)31-20-9-10-28-15-20/h5,7-8,11-14,20,28,31H,4,6,9-10,15H2,1-3H3/b18-5-,32-25+. The van der Waals surface area contributed by atoms with Gasteiger partial charge < -0.3 is 10.6 Å². The Balaban J connectivity index is 1.68. The number of hydrogen-bond donors (Lipinski definition) is 2. The Labute approximate surface area is 205 Å². The van der Waals surface area contributed by atoms with Crippen LogP contribution in [0.3, 0.4) is 0 Å². The van der Waals surface area contributed by atoms with Gasteiger partial charge in [-0.1, -0.05) is 36.4 Å². The minimum atomic E-state index is -0.146. The monoisotopic (exact) mass is 476 g/mol. The molecule has 4 rings (SSSR count). The second-order valence-electron chi connectivity index (χ2n) is 8.25. The molecule has 1 fully saturated rings. The van der Waals surface area contributed by atoms with Crippen LogP contribution in [0.1, 0.15) is 31.5 Å². The fourth-order valence-electron chi connectivity index (χ4n) is 4.25. The third kappa shape index (κ3) is 4.81. The number of carbonyl (C=O) groups excluding carboxylic acids is 1. The van der Waals surface area contributed by atoms with Gasteiger partial charge in [0.15, 0.2) is 0 Å². The molecule has 0 radical (unpaired) electrons. The second-order valence-corrected chi connectivity index (χ2v) is 8.66. The number of rotatable bonds is 6. The number of benzene rings is 1. The molecule has 0 bridgehead atoms. The molecule has 1 atom stereocenters. The lowest BCUT2D eigenvalue weighted by molar-refractivity contribution is -0.121. The third-order valence-electron chi connectivity index (χ3n) is 6.00. The number of aliphatic imine (C=N–C) groups is 1. The molecule has 176 valence electrons. The van der Waals surface area contributed by atoms with Crippen molar-refractivity contribution in [3.8, 4) is 11.3 Å². The summed E-state index contributed by atoms with van der Waals surface area (Å²) >= 11 is 6.69. The van der Waals surface area contributed by atoms with Gasteiger partial charge in [-0.3, -0.25) is 19.7 Å². The van der Waals surface area contributed by atoms with Crippen molar-refractivity contribution >= 4 is 28.9 Å². The van der Waals surface area contributed by atoms with E-state index in [0.29, 0.717) is 40.4 Å². The molecule has 2 aliphatic heterocycles. The zero-order valence-electron chi connectivity index (χ0n) is 19.7. The van der Waals surface area contributed by atoms with Gasteiger partial charge in [0.2, 0.25) is 0 Å². The van der Waals surface area contributed by atoms with Gasteiger partial charge in [-0.25, -0.2) is 4.99 Å². The molecular formula is C26H29ClN6O. The van der Waals surface area contributed by atoms with E-state index >= 15 is 0 Å². The number of amides is 1. The molecule has 3 heterocycles. The molecule has 7 nitrogen and oxygen atoms in total. The molecule has 1 unspecified atom stereocenters. The summed E-state index contributed by atoms with van der Waals surface area (Å²) in [7, 11) is 0. The molecule has 2 aliphatic rings. The van der Waals surface area contributed by atoms with Crippen molar-refractivity contribution in [1.29, 1.82) is 0 Å². The Morgan fingerprint density at radius 1 is 1.38 bits per heavy atom. The third-order valence-corrected chi connectivity index (χ3v) is 6.32. The van der Waals surface area contributed by atoms with Gasteiger partial charge in [0, 0.05) is 58.8 Å². The van der Waals surface area contributed by atoms with Gasteiger partial charge in [-0.2, -0.15) is 0 Å². The molecule has 1 aromatic heterocycles. The maximum absolute atomic E-state index is 13.5. The van der Waals surface area contributed by atoms with Crippen molar-refractivity contribution < 1.29 is 4.79 Å². The fraction of sp³-hybridized carbons (Fsp3) is 0.308. The van der Waals surface area contributed by atoms with Crippen LogP contribution in [0, 0.1) is 6.92 Å². The van der Waals surface area contributed by atoms with Crippen molar-refractivity contribution in [1.82, 2.24) is 25.5 Å². The summed E-state index contributed by atoms with van der Waals surface area (Å²) in [6.07, 6.45) is 8.13. The molecule has 1 aromatic carbocycles. The number of amidine groups is 1. The van der Waals surface area contributed by atoms with Crippen LogP contribution < -0.4 is 10.6 Å². The summed E-state index contributed by atoms with van der Waals surface area (Å²) in [4.78, 5) is 28.6. The zero-order valence-corrected chi connectivity index (χ0v) is 20.5. The number of halogens is 1. The van der Waals surface area contributed by atoms with E-state index in [2.05, 4.69) is 27.2 Å². The number of aryl methyl sites for hydroxylation is 1. The van der Waals surface area contributed by atoms with Gasteiger partial charge >= 0.3 is 0 Å². The number of nitrogens with zero attached hydrogens (tertiary/aromatic N) is 4. The lowest BCUT2D eigenvalue weighted by Crippen LogP contribution is -2.41. The number of likely N-dealkylation sites (N-methyl/N-ethyl adjacent to an activating group) is 1. The lowest BCUT2D eigenvalue weighted by Gasteiger charge is -2.30. The van der Waals surface area contributed by atoms with Crippen LogP contribution >= 0.6 is 11.6 Å². The molecule has 0 aliphatic carbocycles. The topological polar surface area (TPSA) is 82.5 Å². The Hall–Kier alpha value is -3.29. The van der Waals surface area contributed by atoms with Crippen molar-refractivity contribution in [3.05, 3.63) is 77.0 Å². The van der Waals surface area contributed by atoms with Gasteiger partial charge in [0.25, 0.3) is 5.91 Å². The quantitative estimate of drug-likeness (QED) is 0.655. The van der Waals surface area contributed by atoms with Crippen LogP contribution in [0.15, 0.2) is 65.7 Å². The molecule has 2 aromatic rings. The van der Waals surface area contributed by atoms with E-state index in [4.69, 9.17) is 16.6 Å². The minimum absolute atomic E-state index is 0.146.